The number of unbranched alkanes of at least 4 members (excludes halogenated alkanes) is 3. The molecule has 4 nitrogen and oxygen atoms in total. The zero-order chi connectivity index (χ0) is 12.8. The number of nitrogens with one attached hydrogen (secondary N) is 1. The van der Waals surface area contributed by atoms with Crippen molar-refractivity contribution in [3.8, 4) is 0 Å². The lowest BCUT2D eigenvalue weighted by atomic mass is 10.1. The van der Waals surface area contributed by atoms with Gasteiger partial charge in [-0.3, -0.25) is 5.10 Å². The lowest BCUT2D eigenvalue weighted by molar-refractivity contribution is 0.0958. The van der Waals surface area contributed by atoms with Crippen LogP contribution in [0.25, 0.3) is 0 Å². The summed E-state index contributed by atoms with van der Waals surface area (Å²) >= 11 is 5.30. The summed E-state index contributed by atoms with van der Waals surface area (Å²) in [7, 11) is 0. The number of aromatic nitrogens is 3. The Morgan fingerprint density at radius 2 is 2.33 bits per heavy atom. The van der Waals surface area contributed by atoms with Crippen LogP contribution in [0.1, 0.15) is 51.3 Å². The molecule has 0 bridgehead atoms. The molecule has 1 saturated heterocycles. The molecule has 1 N–H and O–H groups in total. The SMILES string of the molecule is CCCCCCc1n[nH]c(=S)n1C[C@@H]1CCCO1. The Kier molecular flexibility index (Phi) is 5.38. The molecule has 1 aromatic rings. The number of nitrogens with zero attached hydrogens (tertiary/aromatic N) is 2. The van der Waals surface area contributed by atoms with E-state index in [0.29, 0.717) is 6.10 Å². The van der Waals surface area contributed by atoms with E-state index in [2.05, 4.69) is 21.7 Å². The van der Waals surface area contributed by atoms with Gasteiger partial charge < -0.3 is 9.30 Å². The standard InChI is InChI=1S/C13H23N3OS/c1-2-3-4-5-8-12-14-15-13(18)16(12)10-11-7-6-9-17-11/h11H,2-10H2,1H3,(H,15,18)/t11-/m0/s1. The van der Waals surface area contributed by atoms with Crippen LogP contribution in [0, 0.1) is 4.77 Å². The number of ether oxygens (including phenoxy) is 1. The maximum atomic E-state index is 5.67. The number of rotatable bonds is 7. The maximum Gasteiger partial charge on any atom is 0.195 e. The zero-order valence-corrected chi connectivity index (χ0v) is 12.0. The van der Waals surface area contributed by atoms with Gasteiger partial charge in [0.1, 0.15) is 5.82 Å². The fourth-order valence-electron chi connectivity index (χ4n) is 2.43. The van der Waals surface area contributed by atoms with Gasteiger partial charge in [0.2, 0.25) is 0 Å². The number of aryl methyl sites for hydroxylation is 1. The first-order chi connectivity index (χ1) is 8.81. The molecular formula is C13H23N3OS. The van der Waals surface area contributed by atoms with E-state index in [1.807, 2.05) is 0 Å². The van der Waals surface area contributed by atoms with Crippen LogP contribution in [0.15, 0.2) is 0 Å². The molecule has 0 saturated carbocycles. The Morgan fingerprint density at radius 3 is 3.06 bits per heavy atom. The van der Waals surface area contributed by atoms with Gasteiger partial charge in [0, 0.05) is 13.0 Å². The van der Waals surface area contributed by atoms with Crippen LogP contribution in [-0.2, 0) is 17.7 Å². The molecule has 1 fully saturated rings. The van der Waals surface area contributed by atoms with Crippen LogP contribution >= 0.6 is 12.2 Å². The Labute approximate surface area is 114 Å². The molecule has 0 aromatic carbocycles. The summed E-state index contributed by atoms with van der Waals surface area (Å²) in [6, 6.07) is 0. The van der Waals surface area contributed by atoms with E-state index >= 15 is 0 Å². The van der Waals surface area contributed by atoms with Gasteiger partial charge in [-0.2, -0.15) is 5.10 Å². The highest BCUT2D eigenvalue weighted by atomic mass is 32.1. The van der Waals surface area contributed by atoms with Crippen LogP contribution in [0.2, 0.25) is 0 Å². The van der Waals surface area contributed by atoms with Gasteiger partial charge in [0.05, 0.1) is 12.6 Å². The van der Waals surface area contributed by atoms with Gasteiger partial charge in [-0.1, -0.05) is 26.2 Å². The van der Waals surface area contributed by atoms with Gasteiger partial charge in [-0.25, -0.2) is 0 Å². The highest BCUT2D eigenvalue weighted by Gasteiger charge is 2.18. The number of hydrogen-bond acceptors (Lipinski definition) is 3. The predicted molar refractivity (Wildman–Crippen MR) is 74.2 cm³/mol. The third-order valence-electron chi connectivity index (χ3n) is 3.50. The first-order valence-corrected chi connectivity index (χ1v) is 7.47. The molecule has 2 rings (SSSR count). The van der Waals surface area contributed by atoms with Gasteiger partial charge in [-0.05, 0) is 31.5 Å². The third kappa shape index (κ3) is 3.65. The van der Waals surface area contributed by atoms with Crippen molar-refractivity contribution in [2.45, 2.75) is 64.5 Å². The van der Waals surface area contributed by atoms with E-state index < -0.39 is 0 Å². The van der Waals surface area contributed by atoms with Crippen molar-refractivity contribution in [2.24, 2.45) is 0 Å². The molecule has 0 amide bonds. The minimum Gasteiger partial charge on any atom is -0.376 e. The van der Waals surface area contributed by atoms with Crippen molar-refractivity contribution >= 4 is 12.2 Å². The quantitative estimate of drug-likeness (QED) is 0.610. The molecule has 2 heterocycles. The average Bonchev–Trinajstić information content (AvgIpc) is 2.99. The highest BCUT2D eigenvalue weighted by Crippen LogP contribution is 2.15. The molecule has 0 radical (unpaired) electrons. The van der Waals surface area contributed by atoms with Gasteiger partial charge >= 0.3 is 0 Å². The highest BCUT2D eigenvalue weighted by molar-refractivity contribution is 7.71. The second-order valence-electron chi connectivity index (χ2n) is 5.00. The Morgan fingerprint density at radius 1 is 1.44 bits per heavy atom. The second kappa shape index (κ2) is 7.04. The summed E-state index contributed by atoms with van der Waals surface area (Å²) in [6.07, 6.45) is 8.68. The normalized spacial score (nSPS) is 19.5. The lowest BCUT2D eigenvalue weighted by Gasteiger charge is -2.12. The minimum atomic E-state index is 0.323. The second-order valence-corrected chi connectivity index (χ2v) is 5.39. The Hall–Kier alpha value is -0.680. The van der Waals surface area contributed by atoms with E-state index in [1.54, 1.807) is 0 Å². The first-order valence-electron chi connectivity index (χ1n) is 7.07. The molecule has 102 valence electrons. The zero-order valence-electron chi connectivity index (χ0n) is 11.2. The summed E-state index contributed by atoms with van der Waals surface area (Å²) in [5.41, 5.74) is 0. The summed E-state index contributed by atoms with van der Waals surface area (Å²) in [6.45, 7) is 3.98. The minimum absolute atomic E-state index is 0.323. The lowest BCUT2D eigenvalue weighted by Crippen LogP contribution is -2.17. The smallest absolute Gasteiger partial charge is 0.195 e. The summed E-state index contributed by atoms with van der Waals surface area (Å²) in [4.78, 5) is 0. The van der Waals surface area contributed by atoms with Crippen molar-refractivity contribution in [3.63, 3.8) is 0 Å². The van der Waals surface area contributed by atoms with Crippen LogP contribution < -0.4 is 0 Å². The summed E-state index contributed by atoms with van der Waals surface area (Å²) in [5.74, 6) is 1.09. The molecule has 1 aromatic heterocycles. The predicted octanol–water partition coefficient (Wildman–Crippen LogP) is 3.24. The van der Waals surface area contributed by atoms with Crippen molar-refractivity contribution in [1.82, 2.24) is 14.8 Å². The molecule has 0 unspecified atom stereocenters. The van der Waals surface area contributed by atoms with Crippen molar-refractivity contribution < 1.29 is 4.74 Å². The number of H-pyrrole nitrogens is 1. The summed E-state index contributed by atoms with van der Waals surface area (Å²) in [5, 5.41) is 7.26. The average molecular weight is 269 g/mol. The van der Waals surface area contributed by atoms with Gasteiger partial charge in [0.15, 0.2) is 4.77 Å². The van der Waals surface area contributed by atoms with Crippen LogP contribution in [-0.4, -0.2) is 27.5 Å². The van der Waals surface area contributed by atoms with E-state index in [4.69, 9.17) is 17.0 Å². The van der Waals surface area contributed by atoms with Gasteiger partial charge in [0.25, 0.3) is 0 Å². The molecule has 0 spiro atoms. The Balaban J connectivity index is 1.91. The van der Waals surface area contributed by atoms with Crippen LogP contribution in [0.3, 0.4) is 0 Å². The maximum absolute atomic E-state index is 5.67. The van der Waals surface area contributed by atoms with Crippen molar-refractivity contribution in [1.29, 1.82) is 0 Å². The molecule has 1 atom stereocenters. The monoisotopic (exact) mass is 269 g/mol. The van der Waals surface area contributed by atoms with E-state index in [0.717, 1.165) is 36.6 Å². The molecule has 18 heavy (non-hydrogen) atoms. The van der Waals surface area contributed by atoms with Gasteiger partial charge in [-0.15, -0.1) is 0 Å². The van der Waals surface area contributed by atoms with Crippen molar-refractivity contribution in [3.05, 3.63) is 10.6 Å². The molecular weight excluding hydrogens is 246 g/mol. The molecule has 5 heteroatoms. The summed E-state index contributed by atoms with van der Waals surface area (Å²) < 4.78 is 8.53. The van der Waals surface area contributed by atoms with E-state index in [-0.39, 0.29) is 0 Å². The Bertz CT molecular complexity index is 407. The van der Waals surface area contributed by atoms with Crippen LogP contribution in [0.5, 0.6) is 0 Å². The number of aromatic amines is 1. The fourth-order valence-corrected chi connectivity index (χ4v) is 2.66. The number of hydrogen-bond donors (Lipinski definition) is 1. The molecule has 1 aliphatic heterocycles. The van der Waals surface area contributed by atoms with E-state index in [9.17, 15) is 0 Å². The first kappa shape index (κ1) is 13.7. The topological polar surface area (TPSA) is 42.8 Å². The third-order valence-corrected chi connectivity index (χ3v) is 3.81. The van der Waals surface area contributed by atoms with Crippen LogP contribution in [0.4, 0.5) is 0 Å². The molecule has 0 aliphatic carbocycles. The van der Waals surface area contributed by atoms with E-state index in [1.165, 1.54) is 32.1 Å². The van der Waals surface area contributed by atoms with Crippen molar-refractivity contribution in [2.75, 3.05) is 6.61 Å². The molecule has 1 aliphatic rings. The largest absolute Gasteiger partial charge is 0.376 e. The fraction of sp³-hybridized carbons (Fsp3) is 0.846.